The van der Waals surface area contributed by atoms with Crippen LogP contribution >= 0.6 is 0 Å². The second-order valence-corrected chi connectivity index (χ2v) is 2.77. The van der Waals surface area contributed by atoms with Gasteiger partial charge in [-0.25, -0.2) is 0 Å². The molecule has 0 spiro atoms. The molecule has 13 heavy (non-hydrogen) atoms. The van der Waals surface area contributed by atoms with Crippen molar-refractivity contribution in [2.45, 2.75) is 12.8 Å². The maximum absolute atomic E-state index is 8.79. The molecule has 0 saturated carbocycles. The average Bonchev–Trinajstić information content (AvgIpc) is 2.15. The number of nitriles is 1. The van der Waals surface area contributed by atoms with Gasteiger partial charge in [-0.2, -0.15) is 5.26 Å². The minimum Gasteiger partial charge on any atom is -0.423 e. The van der Waals surface area contributed by atoms with Gasteiger partial charge in [0.15, 0.2) is 0 Å². The van der Waals surface area contributed by atoms with Gasteiger partial charge in [-0.1, -0.05) is 24.3 Å². The topological polar surface area (TPSA) is 64.2 Å². The van der Waals surface area contributed by atoms with E-state index in [4.69, 9.17) is 15.3 Å². The summed E-state index contributed by atoms with van der Waals surface area (Å²) >= 11 is 0. The van der Waals surface area contributed by atoms with E-state index in [1.54, 1.807) is 24.3 Å². The Morgan fingerprint density at radius 3 is 2.31 bits per heavy atom. The predicted molar refractivity (Wildman–Crippen MR) is 50.2 cm³/mol. The predicted octanol–water partition coefficient (Wildman–Crippen LogP) is -0.177. The largest absolute Gasteiger partial charge is 0.488 e. The van der Waals surface area contributed by atoms with Crippen LogP contribution < -0.4 is 5.46 Å². The van der Waals surface area contributed by atoms with Crippen molar-refractivity contribution in [2.75, 3.05) is 0 Å². The van der Waals surface area contributed by atoms with Gasteiger partial charge in [0.1, 0.15) is 0 Å². The van der Waals surface area contributed by atoms with Gasteiger partial charge >= 0.3 is 7.12 Å². The normalized spacial score (nSPS) is 9.31. The summed E-state index contributed by atoms with van der Waals surface area (Å²) < 4.78 is 0. The molecule has 0 fully saturated rings. The fraction of sp³-hybridized carbons (Fsp3) is 0.222. The van der Waals surface area contributed by atoms with Crippen LogP contribution in [0.15, 0.2) is 24.3 Å². The second-order valence-electron chi connectivity index (χ2n) is 2.77. The number of nitrogens with zero attached hydrogens (tertiary/aromatic N) is 1. The summed E-state index contributed by atoms with van der Waals surface area (Å²) in [6, 6.07) is 8.95. The van der Waals surface area contributed by atoms with Crippen LogP contribution in [0.5, 0.6) is 0 Å². The van der Waals surface area contributed by atoms with Crippen LogP contribution in [0, 0.1) is 11.3 Å². The van der Waals surface area contributed by atoms with E-state index in [9.17, 15) is 0 Å². The van der Waals surface area contributed by atoms with E-state index in [-0.39, 0.29) is 0 Å². The summed E-state index contributed by atoms with van der Waals surface area (Å²) in [5, 5.41) is 25.9. The molecule has 0 atom stereocenters. The van der Waals surface area contributed by atoms with Crippen molar-refractivity contribution in [3.63, 3.8) is 0 Å². The van der Waals surface area contributed by atoms with Gasteiger partial charge in [-0.05, 0) is 17.4 Å². The summed E-state index contributed by atoms with van der Waals surface area (Å²) in [6.07, 6.45) is 1.19. The Labute approximate surface area is 77.4 Å². The molecular weight excluding hydrogens is 165 g/mol. The Balaban J connectivity index is 2.65. The Hall–Kier alpha value is -1.31. The fourth-order valence-corrected chi connectivity index (χ4v) is 1.06. The van der Waals surface area contributed by atoms with Gasteiger partial charge in [0.2, 0.25) is 0 Å². The highest BCUT2D eigenvalue weighted by molar-refractivity contribution is 6.58. The molecule has 4 heteroatoms. The summed E-state index contributed by atoms with van der Waals surface area (Å²) in [5.74, 6) is 0. The average molecular weight is 175 g/mol. The number of hydrogen-bond donors (Lipinski definition) is 2. The van der Waals surface area contributed by atoms with Crippen molar-refractivity contribution in [2.24, 2.45) is 0 Å². The quantitative estimate of drug-likeness (QED) is 0.626. The highest BCUT2D eigenvalue weighted by atomic mass is 16.4. The molecule has 3 nitrogen and oxygen atoms in total. The second kappa shape index (κ2) is 4.66. The van der Waals surface area contributed by atoms with E-state index in [0.29, 0.717) is 18.3 Å². The summed E-state index contributed by atoms with van der Waals surface area (Å²) in [7, 11) is -1.41. The van der Waals surface area contributed by atoms with E-state index >= 15 is 0 Å². The molecule has 1 rings (SSSR count). The van der Waals surface area contributed by atoms with E-state index in [2.05, 4.69) is 6.07 Å². The summed E-state index contributed by atoms with van der Waals surface area (Å²) in [6.45, 7) is 0. The zero-order valence-corrected chi connectivity index (χ0v) is 7.14. The zero-order valence-electron chi connectivity index (χ0n) is 7.14. The monoisotopic (exact) mass is 175 g/mol. The molecule has 0 aliphatic carbocycles. The highest BCUT2D eigenvalue weighted by Gasteiger charge is 2.09. The lowest BCUT2D eigenvalue weighted by Gasteiger charge is -2.00. The van der Waals surface area contributed by atoms with Crippen LogP contribution in [0.2, 0.25) is 0 Å². The molecule has 0 unspecified atom stereocenters. The third-order valence-corrected chi connectivity index (χ3v) is 1.80. The van der Waals surface area contributed by atoms with E-state index in [1.165, 1.54) is 0 Å². The van der Waals surface area contributed by atoms with Crippen LogP contribution in [0.3, 0.4) is 0 Å². The number of benzene rings is 1. The van der Waals surface area contributed by atoms with E-state index in [1.807, 2.05) is 0 Å². The molecule has 0 heterocycles. The Morgan fingerprint density at radius 2 is 1.85 bits per heavy atom. The Kier molecular flexibility index (Phi) is 3.50. The SMILES string of the molecule is N#CCCc1ccc(B(O)O)cc1. The third kappa shape index (κ3) is 2.90. The molecule has 0 aliphatic rings. The highest BCUT2D eigenvalue weighted by Crippen LogP contribution is 2.00. The lowest BCUT2D eigenvalue weighted by atomic mass is 9.80. The molecule has 0 aromatic heterocycles. The van der Waals surface area contributed by atoms with Crippen molar-refractivity contribution >= 4 is 12.6 Å². The van der Waals surface area contributed by atoms with Crippen LogP contribution in [0.4, 0.5) is 0 Å². The van der Waals surface area contributed by atoms with Crippen LogP contribution in [-0.2, 0) is 6.42 Å². The maximum atomic E-state index is 8.79. The molecule has 1 aromatic rings. The van der Waals surface area contributed by atoms with Crippen molar-refractivity contribution in [1.82, 2.24) is 0 Å². The van der Waals surface area contributed by atoms with Crippen molar-refractivity contribution in [1.29, 1.82) is 5.26 Å². The summed E-state index contributed by atoms with van der Waals surface area (Å²) in [5.41, 5.74) is 1.51. The molecule has 2 N–H and O–H groups in total. The molecule has 66 valence electrons. The number of hydrogen-bond acceptors (Lipinski definition) is 3. The lowest BCUT2D eigenvalue weighted by Crippen LogP contribution is -2.29. The molecule has 0 bridgehead atoms. The first kappa shape index (κ1) is 9.78. The van der Waals surface area contributed by atoms with E-state index in [0.717, 1.165) is 5.56 Å². The first-order valence-corrected chi connectivity index (χ1v) is 4.06. The minimum absolute atomic E-state index is 0.473. The number of aryl methyl sites for hydroxylation is 1. The van der Waals surface area contributed by atoms with Gasteiger partial charge in [0, 0.05) is 6.42 Å². The van der Waals surface area contributed by atoms with E-state index < -0.39 is 7.12 Å². The smallest absolute Gasteiger partial charge is 0.423 e. The molecule has 1 aromatic carbocycles. The molecular formula is C9H10BNO2. The standard InChI is InChI=1S/C9H10BNO2/c11-7-1-2-8-3-5-9(6-4-8)10(12)13/h3-6,12-13H,1-2H2. The molecule has 0 aliphatic heterocycles. The van der Waals surface area contributed by atoms with Gasteiger partial charge in [0.25, 0.3) is 0 Å². The number of rotatable bonds is 3. The molecule has 0 saturated heterocycles. The van der Waals surface area contributed by atoms with Gasteiger partial charge < -0.3 is 10.0 Å². The maximum Gasteiger partial charge on any atom is 0.488 e. The Morgan fingerprint density at radius 1 is 1.23 bits per heavy atom. The van der Waals surface area contributed by atoms with Crippen molar-refractivity contribution < 1.29 is 10.0 Å². The first-order valence-electron chi connectivity index (χ1n) is 4.06. The van der Waals surface area contributed by atoms with Gasteiger partial charge in [0.05, 0.1) is 6.07 Å². The van der Waals surface area contributed by atoms with Crippen LogP contribution in [0.25, 0.3) is 0 Å². The molecule has 0 amide bonds. The van der Waals surface area contributed by atoms with Crippen LogP contribution in [0.1, 0.15) is 12.0 Å². The Bertz CT molecular complexity index is 302. The lowest BCUT2D eigenvalue weighted by molar-refractivity contribution is 0.426. The van der Waals surface area contributed by atoms with Gasteiger partial charge in [-0.3, -0.25) is 0 Å². The van der Waals surface area contributed by atoms with Crippen molar-refractivity contribution in [3.05, 3.63) is 29.8 Å². The summed E-state index contributed by atoms with van der Waals surface area (Å²) in [4.78, 5) is 0. The fourth-order valence-electron chi connectivity index (χ4n) is 1.06. The first-order chi connectivity index (χ1) is 6.24. The van der Waals surface area contributed by atoms with Crippen LogP contribution in [-0.4, -0.2) is 17.2 Å². The molecule has 0 radical (unpaired) electrons. The third-order valence-electron chi connectivity index (χ3n) is 1.80. The zero-order chi connectivity index (χ0) is 9.68. The minimum atomic E-state index is -1.41. The van der Waals surface area contributed by atoms with Crippen molar-refractivity contribution in [3.8, 4) is 6.07 Å². The van der Waals surface area contributed by atoms with Gasteiger partial charge in [-0.15, -0.1) is 0 Å².